The number of Topliss-reactive ketones (excluding diaryl/α,β-unsaturated/α-hetero) is 1. The molecule has 18 heavy (non-hydrogen) atoms. The van der Waals surface area contributed by atoms with E-state index in [2.05, 4.69) is 31.2 Å². The number of ketones is 1. The molecule has 2 aromatic rings. The van der Waals surface area contributed by atoms with Gasteiger partial charge < -0.3 is 0 Å². The monoisotopic (exact) mass is 238 g/mol. The second-order valence-corrected chi connectivity index (χ2v) is 4.72. The second-order valence-electron chi connectivity index (χ2n) is 4.72. The Morgan fingerprint density at radius 3 is 2.28 bits per heavy atom. The van der Waals surface area contributed by atoms with Crippen LogP contribution in [0.15, 0.2) is 48.5 Å². The van der Waals surface area contributed by atoms with Crippen molar-refractivity contribution in [1.29, 1.82) is 0 Å². The standard InChI is InChI=1S/C17H18O/c1-13-7-9-15(10-8-13)11-12-17(18)16-6-4-3-5-14(16)2/h3-10H,11-12H2,1-2H3. The van der Waals surface area contributed by atoms with Crippen LogP contribution in [0.2, 0.25) is 0 Å². The van der Waals surface area contributed by atoms with Crippen molar-refractivity contribution >= 4 is 5.78 Å². The van der Waals surface area contributed by atoms with Crippen molar-refractivity contribution < 1.29 is 4.79 Å². The van der Waals surface area contributed by atoms with Crippen molar-refractivity contribution in [3.05, 3.63) is 70.8 Å². The lowest BCUT2D eigenvalue weighted by molar-refractivity contribution is 0.0982. The molecular weight excluding hydrogens is 220 g/mol. The lowest BCUT2D eigenvalue weighted by Gasteiger charge is -2.05. The Morgan fingerprint density at radius 1 is 0.944 bits per heavy atom. The Hall–Kier alpha value is -1.89. The van der Waals surface area contributed by atoms with Crippen LogP contribution in [-0.2, 0) is 6.42 Å². The molecule has 0 unspecified atom stereocenters. The Kier molecular flexibility index (Phi) is 3.93. The highest BCUT2D eigenvalue weighted by Crippen LogP contribution is 2.12. The van der Waals surface area contributed by atoms with Crippen LogP contribution in [0.1, 0.15) is 33.5 Å². The van der Waals surface area contributed by atoms with Gasteiger partial charge in [-0.2, -0.15) is 0 Å². The van der Waals surface area contributed by atoms with Crippen molar-refractivity contribution in [2.24, 2.45) is 0 Å². The minimum Gasteiger partial charge on any atom is -0.294 e. The summed E-state index contributed by atoms with van der Waals surface area (Å²) in [6, 6.07) is 16.2. The highest BCUT2D eigenvalue weighted by atomic mass is 16.1. The van der Waals surface area contributed by atoms with E-state index >= 15 is 0 Å². The van der Waals surface area contributed by atoms with E-state index in [-0.39, 0.29) is 5.78 Å². The van der Waals surface area contributed by atoms with Crippen LogP contribution in [0.25, 0.3) is 0 Å². The first-order valence-electron chi connectivity index (χ1n) is 6.31. The Morgan fingerprint density at radius 2 is 1.61 bits per heavy atom. The predicted octanol–water partition coefficient (Wildman–Crippen LogP) is 4.12. The Bertz CT molecular complexity index is 538. The summed E-state index contributed by atoms with van der Waals surface area (Å²) >= 11 is 0. The fraction of sp³-hybridized carbons (Fsp3) is 0.235. The zero-order valence-electron chi connectivity index (χ0n) is 10.9. The first kappa shape index (κ1) is 12.6. The van der Waals surface area contributed by atoms with Gasteiger partial charge in [-0.05, 0) is 31.4 Å². The number of aryl methyl sites for hydroxylation is 3. The van der Waals surface area contributed by atoms with Crippen LogP contribution in [0.4, 0.5) is 0 Å². The highest BCUT2D eigenvalue weighted by molar-refractivity contribution is 5.97. The molecule has 0 aliphatic rings. The second kappa shape index (κ2) is 5.63. The van der Waals surface area contributed by atoms with Crippen LogP contribution in [0.3, 0.4) is 0 Å². The quantitative estimate of drug-likeness (QED) is 0.732. The molecule has 0 aliphatic carbocycles. The lowest BCUT2D eigenvalue weighted by Crippen LogP contribution is -2.03. The molecule has 1 heteroatoms. The van der Waals surface area contributed by atoms with E-state index in [1.54, 1.807) is 0 Å². The molecule has 92 valence electrons. The lowest BCUT2D eigenvalue weighted by atomic mass is 9.99. The van der Waals surface area contributed by atoms with Crippen molar-refractivity contribution in [1.82, 2.24) is 0 Å². The van der Waals surface area contributed by atoms with Gasteiger partial charge in [-0.25, -0.2) is 0 Å². The Balaban J connectivity index is 2.01. The third-order valence-electron chi connectivity index (χ3n) is 3.21. The number of hydrogen-bond donors (Lipinski definition) is 0. The van der Waals surface area contributed by atoms with Gasteiger partial charge in [0, 0.05) is 12.0 Å². The Labute approximate surface area is 108 Å². The molecular formula is C17H18O. The fourth-order valence-corrected chi connectivity index (χ4v) is 2.03. The molecule has 0 saturated heterocycles. The van der Waals surface area contributed by atoms with Crippen LogP contribution >= 0.6 is 0 Å². The van der Waals surface area contributed by atoms with Gasteiger partial charge in [-0.15, -0.1) is 0 Å². The molecule has 2 aromatic carbocycles. The minimum atomic E-state index is 0.230. The number of benzene rings is 2. The van der Waals surface area contributed by atoms with Gasteiger partial charge in [-0.3, -0.25) is 4.79 Å². The van der Waals surface area contributed by atoms with Gasteiger partial charge in [0.2, 0.25) is 0 Å². The SMILES string of the molecule is Cc1ccc(CCC(=O)c2ccccc2C)cc1. The summed E-state index contributed by atoms with van der Waals surface area (Å²) in [5, 5.41) is 0. The number of rotatable bonds is 4. The van der Waals surface area contributed by atoms with Gasteiger partial charge >= 0.3 is 0 Å². The molecule has 1 nitrogen and oxygen atoms in total. The molecule has 2 rings (SSSR count). The number of carbonyl (C=O) groups excluding carboxylic acids is 1. The van der Waals surface area contributed by atoms with Crippen molar-refractivity contribution in [3.63, 3.8) is 0 Å². The van der Waals surface area contributed by atoms with Crippen LogP contribution in [-0.4, -0.2) is 5.78 Å². The van der Waals surface area contributed by atoms with Crippen molar-refractivity contribution in [2.45, 2.75) is 26.7 Å². The van der Waals surface area contributed by atoms with Gasteiger partial charge in [-0.1, -0.05) is 54.1 Å². The van der Waals surface area contributed by atoms with E-state index in [0.29, 0.717) is 6.42 Å². The van der Waals surface area contributed by atoms with E-state index in [4.69, 9.17) is 0 Å². The first-order chi connectivity index (χ1) is 8.66. The van der Waals surface area contributed by atoms with Gasteiger partial charge in [0.25, 0.3) is 0 Å². The number of carbonyl (C=O) groups is 1. The molecule has 0 bridgehead atoms. The molecule has 0 radical (unpaired) electrons. The molecule has 0 aromatic heterocycles. The van der Waals surface area contributed by atoms with Gasteiger partial charge in [0.15, 0.2) is 5.78 Å². The summed E-state index contributed by atoms with van der Waals surface area (Å²) in [4.78, 5) is 12.1. The van der Waals surface area contributed by atoms with Gasteiger partial charge in [0.05, 0.1) is 0 Å². The minimum absolute atomic E-state index is 0.230. The normalized spacial score (nSPS) is 10.3. The summed E-state index contributed by atoms with van der Waals surface area (Å²) in [7, 11) is 0. The molecule has 0 N–H and O–H groups in total. The highest BCUT2D eigenvalue weighted by Gasteiger charge is 2.08. The zero-order valence-corrected chi connectivity index (χ0v) is 10.9. The summed E-state index contributed by atoms with van der Waals surface area (Å²) in [5.41, 5.74) is 4.39. The van der Waals surface area contributed by atoms with Crippen LogP contribution in [0, 0.1) is 13.8 Å². The summed E-state index contributed by atoms with van der Waals surface area (Å²) in [5.74, 6) is 0.230. The number of hydrogen-bond acceptors (Lipinski definition) is 1. The molecule has 0 atom stereocenters. The molecule has 0 saturated carbocycles. The van der Waals surface area contributed by atoms with E-state index in [1.807, 2.05) is 31.2 Å². The van der Waals surface area contributed by atoms with Gasteiger partial charge in [0.1, 0.15) is 0 Å². The van der Waals surface area contributed by atoms with E-state index in [9.17, 15) is 4.79 Å². The summed E-state index contributed by atoms with van der Waals surface area (Å²) < 4.78 is 0. The summed E-state index contributed by atoms with van der Waals surface area (Å²) in [6.07, 6.45) is 1.39. The fourth-order valence-electron chi connectivity index (χ4n) is 2.03. The molecule has 0 aliphatic heterocycles. The van der Waals surface area contributed by atoms with E-state index in [1.165, 1.54) is 11.1 Å². The van der Waals surface area contributed by atoms with E-state index < -0.39 is 0 Å². The molecule has 0 heterocycles. The van der Waals surface area contributed by atoms with Crippen molar-refractivity contribution in [3.8, 4) is 0 Å². The average molecular weight is 238 g/mol. The summed E-state index contributed by atoms with van der Waals surface area (Å²) in [6.45, 7) is 4.06. The third kappa shape index (κ3) is 3.07. The largest absolute Gasteiger partial charge is 0.294 e. The van der Waals surface area contributed by atoms with E-state index in [0.717, 1.165) is 17.5 Å². The van der Waals surface area contributed by atoms with Crippen LogP contribution < -0.4 is 0 Å². The average Bonchev–Trinajstić information content (AvgIpc) is 2.38. The zero-order chi connectivity index (χ0) is 13.0. The smallest absolute Gasteiger partial charge is 0.163 e. The first-order valence-corrected chi connectivity index (χ1v) is 6.31. The van der Waals surface area contributed by atoms with Crippen molar-refractivity contribution in [2.75, 3.05) is 0 Å². The topological polar surface area (TPSA) is 17.1 Å². The molecule has 0 amide bonds. The maximum Gasteiger partial charge on any atom is 0.163 e. The predicted molar refractivity (Wildman–Crippen MR) is 75.0 cm³/mol. The molecule has 0 spiro atoms. The maximum atomic E-state index is 12.1. The maximum absolute atomic E-state index is 12.1. The third-order valence-corrected chi connectivity index (χ3v) is 3.21. The van der Waals surface area contributed by atoms with Crippen LogP contribution in [0.5, 0.6) is 0 Å². The molecule has 0 fully saturated rings.